The fourth-order valence-electron chi connectivity index (χ4n) is 1.52. The molecule has 1 rings (SSSR count). The maximum Gasteiger partial charge on any atom is 0.258 e. The maximum atomic E-state index is 11.5. The van der Waals surface area contributed by atoms with Crippen molar-refractivity contribution in [3.63, 3.8) is 0 Å². The van der Waals surface area contributed by atoms with Crippen LogP contribution in [0.3, 0.4) is 0 Å². The zero-order valence-electron chi connectivity index (χ0n) is 10.9. The number of carbonyl (C=O) groups is 1. The summed E-state index contributed by atoms with van der Waals surface area (Å²) in [6.07, 6.45) is 0. The van der Waals surface area contributed by atoms with Gasteiger partial charge in [0.05, 0.1) is 0 Å². The lowest BCUT2D eigenvalue weighted by Crippen LogP contribution is -2.34. The first-order chi connectivity index (χ1) is 8.40. The van der Waals surface area contributed by atoms with Gasteiger partial charge in [0.15, 0.2) is 6.61 Å². The Hall–Kier alpha value is -1.07. The third-order valence-corrected chi connectivity index (χ3v) is 2.77. The first-order valence-corrected chi connectivity index (χ1v) is 6.66. The predicted octanol–water partition coefficient (Wildman–Crippen LogP) is 2.37. The van der Waals surface area contributed by atoms with Crippen LogP contribution in [0.25, 0.3) is 0 Å². The molecule has 5 heteroatoms. The second kappa shape index (κ2) is 6.75. The van der Waals surface area contributed by atoms with Crippen molar-refractivity contribution in [1.82, 2.24) is 5.32 Å². The molecule has 100 valence electrons. The fraction of sp³-hybridized carbons (Fsp3) is 0.462. The number of nitrogens with one attached hydrogen (secondary N) is 1. The Kier molecular flexibility index (Phi) is 5.62. The minimum Gasteiger partial charge on any atom is -0.483 e. The molecule has 1 aromatic rings. The van der Waals surface area contributed by atoms with Gasteiger partial charge in [-0.1, -0.05) is 22.0 Å². The first-order valence-electron chi connectivity index (χ1n) is 5.87. The van der Waals surface area contributed by atoms with Gasteiger partial charge in [0.2, 0.25) is 0 Å². The van der Waals surface area contributed by atoms with Crippen molar-refractivity contribution in [2.75, 3.05) is 6.61 Å². The summed E-state index contributed by atoms with van der Waals surface area (Å²) in [6, 6.07) is 5.59. The highest BCUT2D eigenvalue weighted by atomic mass is 79.9. The SMILES string of the molecule is CC(C)NC(=O)COc1cc(Br)ccc1[C@H](C)N. The van der Waals surface area contributed by atoms with Crippen molar-refractivity contribution in [3.8, 4) is 5.75 Å². The van der Waals surface area contributed by atoms with Gasteiger partial charge in [-0.3, -0.25) is 4.79 Å². The van der Waals surface area contributed by atoms with Gasteiger partial charge in [-0.15, -0.1) is 0 Å². The predicted molar refractivity (Wildman–Crippen MR) is 75.5 cm³/mol. The largest absolute Gasteiger partial charge is 0.483 e. The highest BCUT2D eigenvalue weighted by Crippen LogP contribution is 2.27. The van der Waals surface area contributed by atoms with E-state index in [1.54, 1.807) is 0 Å². The highest BCUT2D eigenvalue weighted by molar-refractivity contribution is 9.10. The lowest BCUT2D eigenvalue weighted by atomic mass is 10.1. The van der Waals surface area contributed by atoms with Gasteiger partial charge in [0, 0.05) is 22.1 Å². The van der Waals surface area contributed by atoms with Crippen molar-refractivity contribution in [2.24, 2.45) is 5.73 Å². The van der Waals surface area contributed by atoms with Crippen LogP contribution in [0.2, 0.25) is 0 Å². The molecule has 0 aliphatic rings. The Morgan fingerprint density at radius 1 is 1.44 bits per heavy atom. The number of rotatable bonds is 5. The molecule has 0 bridgehead atoms. The number of hydrogen-bond acceptors (Lipinski definition) is 3. The number of ether oxygens (including phenoxy) is 1. The zero-order chi connectivity index (χ0) is 13.7. The van der Waals surface area contributed by atoms with Crippen LogP contribution < -0.4 is 15.8 Å². The third kappa shape index (κ3) is 4.66. The van der Waals surface area contributed by atoms with Crippen LogP contribution in [0.1, 0.15) is 32.4 Å². The van der Waals surface area contributed by atoms with Gasteiger partial charge in [0.1, 0.15) is 5.75 Å². The Balaban J connectivity index is 2.71. The summed E-state index contributed by atoms with van der Waals surface area (Å²) in [5, 5.41) is 2.77. The van der Waals surface area contributed by atoms with Crippen LogP contribution in [-0.2, 0) is 4.79 Å². The number of hydrogen-bond donors (Lipinski definition) is 2. The number of nitrogens with two attached hydrogens (primary N) is 1. The molecule has 1 atom stereocenters. The average Bonchev–Trinajstić information content (AvgIpc) is 2.25. The monoisotopic (exact) mass is 314 g/mol. The van der Waals surface area contributed by atoms with Gasteiger partial charge in [-0.2, -0.15) is 0 Å². The second-order valence-corrected chi connectivity index (χ2v) is 5.40. The van der Waals surface area contributed by atoms with Crippen LogP contribution in [0.5, 0.6) is 5.75 Å². The average molecular weight is 315 g/mol. The van der Waals surface area contributed by atoms with Crippen molar-refractivity contribution in [3.05, 3.63) is 28.2 Å². The molecule has 0 unspecified atom stereocenters. The molecule has 0 spiro atoms. The lowest BCUT2D eigenvalue weighted by Gasteiger charge is -2.15. The molecule has 0 saturated carbocycles. The Morgan fingerprint density at radius 2 is 2.11 bits per heavy atom. The quantitative estimate of drug-likeness (QED) is 0.877. The van der Waals surface area contributed by atoms with Crippen LogP contribution >= 0.6 is 15.9 Å². The first kappa shape index (κ1) is 15.0. The summed E-state index contributed by atoms with van der Waals surface area (Å²) >= 11 is 3.37. The standard InChI is InChI=1S/C13H19BrN2O2/c1-8(2)16-13(17)7-18-12-6-10(14)4-5-11(12)9(3)15/h4-6,8-9H,7,15H2,1-3H3,(H,16,17)/t9-/m0/s1. The molecule has 4 nitrogen and oxygen atoms in total. The van der Waals surface area contributed by atoms with Crippen LogP contribution in [0, 0.1) is 0 Å². The molecule has 3 N–H and O–H groups in total. The molecule has 0 fully saturated rings. The molecule has 0 radical (unpaired) electrons. The van der Waals surface area contributed by atoms with Gasteiger partial charge in [0.25, 0.3) is 5.91 Å². The Bertz CT molecular complexity index is 419. The summed E-state index contributed by atoms with van der Waals surface area (Å²) < 4.78 is 6.41. The number of benzene rings is 1. The summed E-state index contributed by atoms with van der Waals surface area (Å²) in [6.45, 7) is 5.69. The van der Waals surface area contributed by atoms with E-state index in [9.17, 15) is 4.79 Å². The second-order valence-electron chi connectivity index (χ2n) is 4.48. The smallest absolute Gasteiger partial charge is 0.258 e. The number of carbonyl (C=O) groups excluding carboxylic acids is 1. The van der Waals surface area contributed by atoms with E-state index >= 15 is 0 Å². The topological polar surface area (TPSA) is 64.3 Å². The molecule has 1 amide bonds. The van der Waals surface area contributed by atoms with E-state index in [1.165, 1.54) is 0 Å². The molecule has 0 aliphatic carbocycles. The van der Waals surface area contributed by atoms with Crippen LogP contribution in [0.4, 0.5) is 0 Å². The maximum absolute atomic E-state index is 11.5. The van der Waals surface area contributed by atoms with Crippen molar-refractivity contribution in [1.29, 1.82) is 0 Å². The summed E-state index contributed by atoms with van der Waals surface area (Å²) in [7, 11) is 0. The molecule has 0 aliphatic heterocycles. The van der Waals surface area contributed by atoms with Gasteiger partial charge in [-0.25, -0.2) is 0 Å². The summed E-state index contributed by atoms with van der Waals surface area (Å²) in [4.78, 5) is 11.5. The van der Waals surface area contributed by atoms with E-state index in [-0.39, 0.29) is 24.6 Å². The highest BCUT2D eigenvalue weighted by Gasteiger charge is 2.11. The molecule has 1 aromatic carbocycles. The minimum absolute atomic E-state index is 0.00560. The van der Waals surface area contributed by atoms with Crippen LogP contribution in [0.15, 0.2) is 22.7 Å². The van der Waals surface area contributed by atoms with Gasteiger partial charge >= 0.3 is 0 Å². The van der Waals surface area contributed by atoms with E-state index in [2.05, 4.69) is 21.2 Å². The third-order valence-electron chi connectivity index (χ3n) is 2.27. The van der Waals surface area contributed by atoms with E-state index in [0.717, 1.165) is 10.0 Å². The summed E-state index contributed by atoms with van der Waals surface area (Å²) in [5.74, 6) is 0.499. The van der Waals surface area contributed by atoms with Crippen LogP contribution in [-0.4, -0.2) is 18.6 Å². The Morgan fingerprint density at radius 3 is 2.67 bits per heavy atom. The molecular weight excluding hydrogens is 296 g/mol. The molecular formula is C13H19BrN2O2. The van der Waals surface area contributed by atoms with Crippen molar-refractivity contribution < 1.29 is 9.53 Å². The van der Waals surface area contributed by atoms with Crippen molar-refractivity contribution >= 4 is 21.8 Å². The van der Waals surface area contributed by atoms with E-state index in [1.807, 2.05) is 39.0 Å². The van der Waals surface area contributed by atoms with Gasteiger partial charge in [-0.05, 0) is 32.9 Å². The van der Waals surface area contributed by atoms with E-state index in [0.29, 0.717) is 5.75 Å². The molecule has 0 heterocycles. The summed E-state index contributed by atoms with van der Waals surface area (Å²) in [5.41, 5.74) is 6.74. The lowest BCUT2D eigenvalue weighted by molar-refractivity contribution is -0.123. The normalized spacial score (nSPS) is 12.3. The molecule has 0 saturated heterocycles. The number of halogens is 1. The zero-order valence-corrected chi connectivity index (χ0v) is 12.5. The van der Waals surface area contributed by atoms with E-state index < -0.39 is 0 Å². The number of amides is 1. The van der Waals surface area contributed by atoms with Gasteiger partial charge < -0.3 is 15.8 Å². The van der Waals surface area contributed by atoms with Crippen molar-refractivity contribution in [2.45, 2.75) is 32.9 Å². The molecule has 18 heavy (non-hydrogen) atoms. The minimum atomic E-state index is -0.138. The van der Waals surface area contributed by atoms with E-state index in [4.69, 9.17) is 10.5 Å². The fourth-order valence-corrected chi connectivity index (χ4v) is 1.86. The molecule has 0 aromatic heterocycles. The Labute approximate surface area is 116 Å².